The zero-order chi connectivity index (χ0) is 18.7. The molecule has 138 valence electrons. The van der Waals surface area contributed by atoms with Gasteiger partial charge < -0.3 is 14.4 Å². The average Bonchev–Trinajstić information content (AvgIpc) is 2.67. The van der Waals surface area contributed by atoms with Crippen molar-refractivity contribution in [2.75, 3.05) is 38.3 Å². The zero-order valence-corrected chi connectivity index (χ0v) is 14.0. The fourth-order valence-electron chi connectivity index (χ4n) is 2.76. The molecule has 1 aliphatic heterocycles. The summed E-state index contributed by atoms with van der Waals surface area (Å²) in [5.74, 6) is -0.0424. The van der Waals surface area contributed by atoms with Crippen molar-refractivity contribution >= 4 is 11.8 Å². The van der Waals surface area contributed by atoms with E-state index in [1.807, 2.05) is 4.90 Å². The predicted molar refractivity (Wildman–Crippen MR) is 89.0 cm³/mol. The lowest BCUT2D eigenvalue weighted by molar-refractivity contribution is -0.137. The number of morpholine rings is 1. The van der Waals surface area contributed by atoms with Crippen molar-refractivity contribution in [2.24, 2.45) is 0 Å². The first-order chi connectivity index (χ1) is 12.4. The number of hydrogen-bond acceptors (Lipinski definition) is 5. The minimum Gasteiger partial charge on any atom is -0.465 e. The van der Waals surface area contributed by atoms with Gasteiger partial charge in [-0.1, -0.05) is 12.1 Å². The maximum Gasteiger partial charge on any atom is 0.417 e. The summed E-state index contributed by atoms with van der Waals surface area (Å²) in [5, 5.41) is 0. The van der Waals surface area contributed by atoms with Crippen LogP contribution in [-0.4, -0.2) is 44.4 Å². The molecule has 1 fully saturated rings. The number of ether oxygens (including phenoxy) is 2. The molecule has 3 rings (SSSR count). The molecule has 26 heavy (non-hydrogen) atoms. The standard InChI is InChI=1S/C18H17F3N2O3/c1-25-17(24)13-4-2-12(3-5-13)15-10-14(18(19,20)21)11-22-16(15)23-6-8-26-9-7-23/h2-5,10-11H,6-9H2,1H3. The van der Waals surface area contributed by atoms with Gasteiger partial charge in [-0.25, -0.2) is 9.78 Å². The third-order valence-corrected chi connectivity index (χ3v) is 4.12. The van der Waals surface area contributed by atoms with Crippen molar-refractivity contribution in [3.8, 4) is 11.1 Å². The van der Waals surface area contributed by atoms with Crippen molar-refractivity contribution in [3.05, 3.63) is 47.7 Å². The average molecular weight is 366 g/mol. The summed E-state index contributed by atoms with van der Waals surface area (Å²) < 4.78 is 49.4. The summed E-state index contributed by atoms with van der Waals surface area (Å²) >= 11 is 0. The topological polar surface area (TPSA) is 51.7 Å². The van der Waals surface area contributed by atoms with E-state index < -0.39 is 17.7 Å². The Balaban J connectivity index is 2.05. The number of methoxy groups -OCH3 is 1. The first-order valence-corrected chi connectivity index (χ1v) is 7.99. The Labute approximate surface area is 148 Å². The smallest absolute Gasteiger partial charge is 0.417 e. The van der Waals surface area contributed by atoms with Gasteiger partial charge >= 0.3 is 12.1 Å². The van der Waals surface area contributed by atoms with E-state index in [9.17, 15) is 18.0 Å². The fraction of sp³-hybridized carbons (Fsp3) is 0.333. The van der Waals surface area contributed by atoms with Gasteiger partial charge in [0.2, 0.25) is 0 Å². The Kier molecular flexibility index (Phi) is 5.13. The highest BCUT2D eigenvalue weighted by Crippen LogP contribution is 2.36. The molecule has 5 nitrogen and oxygen atoms in total. The molecule has 2 heterocycles. The highest BCUT2D eigenvalue weighted by Gasteiger charge is 2.32. The quantitative estimate of drug-likeness (QED) is 0.780. The number of aromatic nitrogens is 1. The van der Waals surface area contributed by atoms with Gasteiger partial charge in [0, 0.05) is 24.8 Å². The second-order valence-electron chi connectivity index (χ2n) is 5.76. The predicted octanol–water partition coefficient (Wildman–Crippen LogP) is 3.39. The molecule has 1 aromatic carbocycles. The number of carbonyl (C=O) groups excluding carboxylic acids is 1. The number of rotatable bonds is 3. The van der Waals surface area contributed by atoms with Gasteiger partial charge in [-0.15, -0.1) is 0 Å². The van der Waals surface area contributed by atoms with Crippen LogP contribution in [0.3, 0.4) is 0 Å². The fourth-order valence-corrected chi connectivity index (χ4v) is 2.76. The van der Waals surface area contributed by atoms with Crippen LogP contribution in [0.15, 0.2) is 36.5 Å². The molecule has 0 spiro atoms. The second kappa shape index (κ2) is 7.33. The number of pyridine rings is 1. The van der Waals surface area contributed by atoms with Gasteiger partial charge in [0.25, 0.3) is 0 Å². The number of halogens is 3. The molecule has 0 amide bonds. The van der Waals surface area contributed by atoms with Crippen molar-refractivity contribution in [1.82, 2.24) is 4.98 Å². The first-order valence-electron chi connectivity index (χ1n) is 7.99. The van der Waals surface area contributed by atoms with Crippen molar-refractivity contribution in [3.63, 3.8) is 0 Å². The zero-order valence-electron chi connectivity index (χ0n) is 14.0. The van der Waals surface area contributed by atoms with Gasteiger partial charge in [0.05, 0.1) is 31.5 Å². The van der Waals surface area contributed by atoms with Crippen LogP contribution in [-0.2, 0) is 15.7 Å². The highest BCUT2D eigenvalue weighted by molar-refractivity contribution is 5.90. The molecule has 0 aliphatic carbocycles. The monoisotopic (exact) mass is 366 g/mol. The van der Waals surface area contributed by atoms with Crippen LogP contribution in [0.2, 0.25) is 0 Å². The molecular formula is C18H17F3N2O3. The SMILES string of the molecule is COC(=O)c1ccc(-c2cc(C(F)(F)F)cnc2N2CCOCC2)cc1. The molecule has 0 saturated carbocycles. The summed E-state index contributed by atoms with van der Waals surface area (Å²) in [6.07, 6.45) is -3.64. The number of nitrogens with zero attached hydrogens (tertiary/aromatic N) is 2. The first kappa shape index (κ1) is 18.2. The number of carbonyl (C=O) groups is 1. The maximum absolute atomic E-state index is 13.1. The molecule has 8 heteroatoms. The van der Waals surface area contributed by atoms with Gasteiger partial charge in [-0.05, 0) is 23.8 Å². The van der Waals surface area contributed by atoms with Crippen LogP contribution >= 0.6 is 0 Å². The van der Waals surface area contributed by atoms with E-state index in [4.69, 9.17) is 4.74 Å². The minimum absolute atomic E-state index is 0.323. The lowest BCUT2D eigenvalue weighted by atomic mass is 10.0. The Morgan fingerprint density at radius 2 is 1.85 bits per heavy atom. The van der Waals surface area contributed by atoms with Crippen LogP contribution in [0.4, 0.5) is 19.0 Å². The summed E-state index contributed by atoms with van der Waals surface area (Å²) in [6.45, 7) is 2.07. The Morgan fingerprint density at radius 3 is 2.42 bits per heavy atom. The normalized spacial score (nSPS) is 15.0. The maximum atomic E-state index is 13.1. The summed E-state index contributed by atoms with van der Waals surface area (Å²) in [7, 11) is 1.27. The number of benzene rings is 1. The Bertz CT molecular complexity index is 785. The minimum atomic E-state index is -4.49. The molecule has 0 atom stereocenters. The van der Waals surface area contributed by atoms with Crippen LogP contribution in [0.5, 0.6) is 0 Å². The van der Waals surface area contributed by atoms with E-state index >= 15 is 0 Å². The van der Waals surface area contributed by atoms with Gasteiger partial charge in [-0.3, -0.25) is 0 Å². The number of alkyl halides is 3. The third kappa shape index (κ3) is 3.80. The third-order valence-electron chi connectivity index (χ3n) is 4.12. The summed E-state index contributed by atoms with van der Waals surface area (Å²) in [4.78, 5) is 17.5. The van der Waals surface area contributed by atoms with E-state index in [0.717, 1.165) is 12.3 Å². The van der Waals surface area contributed by atoms with Gasteiger partial charge in [0.1, 0.15) is 5.82 Å². The lowest BCUT2D eigenvalue weighted by Crippen LogP contribution is -2.37. The summed E-state index contributed by atoms with van der Waals surface area (Å²) in [6, 6.07) is 7.31. The van der Waals surface area contributed by atoms with E-state index in [1.165, 1.54) is 19.2 Å². The van der Waals surface area contributed by atoms with Crippen molar-refractivity contribution in [2.45, 2.75) is 6.18 Å². The number of hydrogen-bond donors (Lipinski definition) is 0. The molecule has 1 aliphatic rings. The molecule has 1 saturated heterocycles. The van der Waals surface area contributed by atoms with E-state index in [1.54, 1.807) is 12.1 Å². The Hall–Kier alpha value is -2.61. The van der Waals surface area contributed by atoms with E-state index in [2.05, 4.69) is 9.72 Å². The van der Waals surface area contributed by atoms with Crippen molar-refractivity contribution < 1.29 is 27.4 Å². The number of anilines is 1. The highest BCUT2D eigenvalue weighted by atomic mass is 19.4. The molecule has 2 aromatic rings. The molecule has 0 radical (unpaired) electrons. The molecular weight excluding hydrogens is 349 g/mol. The van der Waals surface area contributed by atoms with Crippen LogP contribution in [0.1, 0.15) is 15.9 Å². The molecule has 0 bridgehead atoms. The lowest BCUT2D eigenvalue weighted by Gasteiger charge is -2.30. The Morgan fingerprint density at radius 1 is 1.19 bits per heavy atom. The van der Waals surface area contributed by atoms with Gasteiger partial charge in [-0.2, -0.15) is 13.2 Å². The van der Waals surface area contributed by atoms with E-state index in [0.29, 0.717) is 48.8 Å². The van der Waals surface area contributed by atoms with Crippen LogP contribution in [0.25, 0.3) is 11.1 Å². The number of esters is 1. The summed E-state index contributed by atoms with van der Waals surface area (Å²) in [5.41, 5.74) is 0.404. The molecule has 0 N–H and O–H groups in total. The van der Waals surface area contributed by atoms with Crippen LogP contribution in [0, 0.1) is 0 Å². The largest absolute Gasteiger partial charge is 0.465 e. The van der Waals surface area contributed by atoms with Crippen molar-refractivity contribution in [1.29, 1.82) is 0 Å². The second-order valence-corrected chi connectivity index (χ2v) is 5.76. The molecule has 0 unspecified atom stereocenters. The van der Waals surface area contributed by atoms with Crippen LogP contribution < -0.4 is 4.90 Å². The van der Waals surface area contributed by atoms with Gasteiger partial charge in [0.15, 0.2) is 0 Å². The van der Waals surface area contributed by atoms with E-state index in [-0.39, 0.29) is 0 Å². The molecule has 1 aromatic heterocycles.